The highest BCUT2D eigenvalue weighted by Gasteiger charge is 2.28. The number of anilines is 1. The Kier molecular flexibility index (Phi) is 4.65. The number of hydrogen-bond donors (Lipinski definition) is 2. The van der Waals surface area contributed by atoms with Crippen LogP contribution in [0.15, 0.2) is 22.7 Å². The van der Waals surface area contributed by atoms with Gasteiger partial charge in [0.15, 0.2) is 0 Å². The Morgan fingerprint density at radius 2 is 2.05 bits per heavy atom. The quantitative estimate of drug-likeness (QED) is 0.657. The maximum atomic E-state index is 12.0. The van der Waals surface area contributed by atoms with Crippen molar-refractivity contribution in [2.24, 2.45) is 11.1 Å². The lowest BCUT2D eigenvalue weighted by Gasteiger charge is -2.25. The molecule has 1 atom stereocenters. The molecule has 0 heterocycles. The lowest BCUT2D eigenvalue weighted by Crippen LogP contribution is -2.45. The van der Waals surface area contributed by atoms with Gasteiger partial charge in [-0.05, 0) is 27.4 Å². The molecule has 0 saturated heterocycles. The Hall–Kier alpha value is -1.47. The summed E-state index contributed by atoms with van der Waals surface area (Å²) in [4.78, 5) is 22.1. The summed E-state index contributed by atoms with van der Waals surface area (Å²) in [7, 11) is 0. The Labute approximate surface area is 119 Å². The van der Waals surface area contributed by atoms with Crippen LogP contribution in [0.3, 0.4) is 0 Å². The number of nitrogens with one attached hydrogen (secondary N) is 1. The van der Waals surface area contributed by atoms with Crippen molar-refractivity contribution in [3.63, 3.8) is 0 Å². The van der Waals surface area contributed by atoms with Gasteiger partial charge < -0.3 is 11.1 Å². The van der Waals surface area contributed by atoms with Crippen molar-refractivity contribution in [1.82, 2.24) is 0 Å². The minimum Gasteiger partial charge on any atom is -0.323 e. The first-order valence-electron chi connectivity index (χ1n) is 5.63. The van der Waals surface area contributed by atoms with Crippen molar-refractivity contribution in [2.75, 3.05) is 5.32 Å². The molecular weight excluding hydrogens is 314 g/mol. The SMILES string of the molecule is CC(C)(C)[C@H](N)C(=O)Nc1cc([N+](=O)[O-])ccc1Br. The number of carbonyl (C=O) groups is 1. The summed E-state index contributed by atoms with van der Waals surface area (Å²) in [6.45, 7) is 5.54. The lowest BCUT2D eigenvalue weighted by atomic mass is 9.87. The van der Waals surface area contributed by atoms with Gasteiger partial charge in [0.25, 0.3) is 5.69 Å². The van der Waals surface area contributed by atoms with E-state index >= 15 is 0 Å². The van der Waals surface area contributed by atoms with Crippen LogP contribution in [0.1, 0.15) is 20.8 Å². The van der Waals surface area contributed by atoms with E-state index in [2.05, 4.69) is 21.2 Å². The first kappa shape index (κ1) is 15.6. The third-order valence-electron chi connectivity index (χ3n) is 2.63. The second-order valence-electron chi connectivity index (χ2n) is 5.25. The largest absolute Gasteiger partial charge is 0.323 e. The second-order valence-corrected chi connectivity index (χ2v) is 6.11. The number of amides is 1. The molecule has 0 saturated carbocycles. The van der Waals surface area contributed by atoms with Crippen molar-refractivity contribution >= 4 is 33.2 Å². The normalized spacial score (nSPS) is 12.9. The van der Waals surface area contributed by atoms with Crippen LogP contribution in [0.25, 0.3) is 0 Å². The van der Waals surface area contributed by atoms with Crippen molar-refractivity contribution < 1.29 is 9.72 Å². The zero-order valence-electron chi connectivity index (χ0n) is 10.9. The average molecular weight is 330 g/mol. The molecule has 19 heavy (non-hydrogen) atoms. The number of nitro benzene ring substituents is 1. The number of carbonyl (C=O) groups excluding carboxylic acids is 1. The number of nitrogens with zero attached hydrogens (tertiary/aromatic N) is 1. The van der Waals surface area contributed by atoms with E-state index in [9.17, 15) is 14.9 Å². The molecule has 0 fully saturated rings. The van der Waals surface area contributed by atoms with Crippen LogP contribution in [0, 0.1) is 15.5 Å². The van der Waals surface area contributed by atoms with Gasteiger partial charge >= 0.3 is 0 Å². The van der Waals surface area contributed by atoms with Crippen LogP contribution in [-0.2, 0) is 4.79 Å². The van der Waals surface area contributed by atoms with E-state index in [1.54, 1.807) is 0 Å². The number of rotatable bonds is 3. The molecule has 104 valence electrons. The number of halogens is 1. The maximum Gasteiger partial charge on any atom is 0.271 e. The highest BCUT2D eigenvalue weighted by atomic mass is 79.9. The van der Waals surface area contributed by atoms with E-state index < -0.39 is 16.4 Å². The molecule has 0 unspecified atom stereocenters. The number of nitro groups is 1. The first-order chi connectivity index (χ1) is 8.62. The number of hydrogen-bond acceptors (Lipinski definition) is 4. The predicted molar refractivity (Wildman–Crippen MR) is 76.9 cm³/mol. The highest BCUT2D eigenvalue weighted by molar-refractivity contribution is 9.10. The Balaban J connectivity index is 2.96. The van der Waals surface area contributed by atoms with Crippen molar-refractivity contribution in [3.8, 4) is 0 Å². The summed E-state index contributed by atoms with van der Waals surface area (Å²) >= 11 is 3.23. The van der Waals surface area contributed by atoms with E-state index in [0.29, 0.717) is 10.2 Å². The fourth-order valence-electron chi connectivity index (χ4n) is 1.33. The first-order valence-corrected chi connectivity index (χ1v) is 6.42. The van der Waals surface area contributed by atoms with Crippen LogP contribution in [0.4, 0.5) is 11.4 Å². The van der Waals surface area contributed by atoms with Gasteiger partial charge in [0.2, 0.25) is 5.91 Å². The van der Waals surface area contributed by atoms with Gasteiger partial charge in [0.1, 0.15) is 0 Å². The molecule has 1 amide bonds. The minimum atomic E-state index is -0.710. The molecule has 0 aromatic heterocycles. The number of non-ortho nitro benzene ring substituents is 1. The molecule has 6 nitrogen and oxygen atoms in total. The van der Waals surface area contributed by atoms with Gasteiger partial charge in [-0.2, -0.15) is 0 Å². The maximum absolute atomic E-state index is 12.0. The van der Waals surface area contributed by atoms with Crippen LogP contribution in [-0.4, -0.2) is 16.9 Å². The third-order valence-corrected chi connectivity index (χ3v) is 3.33. The molecule has 1 aromatic carbocycles. The molecule has 0 radical (unpaired) electrons. The van der Waals surface area contributed by atoms with Crippen molar-refractivity contribution in [3.05, 3.63) is 32.8 Å². The zero-order valence-corrected chi connectivity index (χ0v) is 12.5. The summed E-state index contributed by atoms with van der Waals surface area (Å²) in [5.74, 6) is -0.381. The minimum absolute atomic E-state index is 0.0946. The fraction of sp³-hybridized carbons (Fsp3) is 0.417. The molecule has 0 spiro atoms. The molecule has 1 aromatic rings. The van der Waals surface area contributed by atoms with Crippen LogP contribution in [0.2, 0.25) is 0 Å². The summed E-state index contributed by atoms with van der Waals surface area (Å²) in [6, 6.07) is 3.44. The Morgan fingerprint density at radius 3 is 2.53 bits per heavy atom. The molecule has 0 aliphatic rings. The molecule has 7 heteroatoms. The monoisotopic (exact) mass is 329 g/mol. The van der Waals surface area contributed by atoms with Gasteiger partial charge in [0.05, 0.1) is 16.7 Å². The van der Waals surface area contributed by atoms with Gasteiger partial charge in [0, 0.05) is 16.6 Å². The molecule has 0 bridgehead atoms. The Morgan fingerprint density at radius 1 is 1.47 bits per heavy atom. The number of nitrogens with two attached hydrogens (primary N) is 1. The van der Waals surface area contributed by atoms with E-state index in [4.69, 9.17) is 5.73 Å². The van der Waals surface area contributed by atoms with Gasteiger partial charge in [-0.3, -0.25) is 14.9 Å². The van der Waals surface area contributed by atoms with E-state index in [-0.39, 0.29) is 11.6 Å². The lowest BCUT2D eigenvalue weighted by molar-refractivity contribution is -0.384. The van der Waals surface area contributed by atoms with E-state index in [1.165, 1.54) is 18.2 Å². The van der Waals surface area contributed by atoms with Crippen LogP contribution >= 0.6 is 15.9 Å². The highest BCUT2D eigenvalue weighted by Crippen LogP contribution is 2.28. The van der Waals surface area contributed by atoms with Crippen LogP contribution < -0.4 is 11.1 Å². The second kappa shape index (κ2) is 5.66. The van der Waals surface area contributed by atoms with Crippen molar-refractivity contribution in [2.45, 2.75) is 26.8 Å². The predicted octanol–water partition coefficient (Wildman–Crippen LogP) is 2.67. The number of benzene rings is 1. The van der Waals surface area contributed by atoms with Crippen molar-refractivity contribution in [1.29, 1.82) is 0 Å². The average Bonchev–Trinajstić information content (AvgIpc) is 2.29. The van der Waals surface area contributed by atoms with Gasteiger partial charge in [-0.1, -0.05) is 20.8 Å². The topological polar surface area (TPSA) is 98.3 Å². The summed E-state index contributed by atoms with van der Waals surface area (Å²) in [5, 5.41) is 13.3. The molecule has 3 N–H and O–H groups in total. The van der Waals surface area contributed by atoms with E-state index in [0.717, 1.165) is 0 Å². The standard InChI is InChI=1S/C12H16BrN3O3/c1-12(2,3)10(14)11(17)15-9-6-7(16(18)19)4-5-8(9)13/h4-6,10H,14H2,1-3H3,(H,15,17)/t10-/m1/s1. The fourth-order valence-corrected chi connectivity index (χ4v) is 1.67. The molecule has 0 aliphatic heterocycles. The van der Waals surface area contributed by atoms with E-state index in [1.807, 2.05) is 20.8 Å². The van der Waals surface area contributed by atoms with Gasteiger partial charge in [-0.25, -0.2) is 0 Å². The Bertz CT molecular complexity index is 511. The summed E-state index contributed by atoms with van der Waals surface area (Å²) in [5.41, 5.74) is 5.67. The van der Waals surface area contributed by atoms with Crippen LogP contribution in [0.5, 0.6) is 0 Å². The summed E-state index contributed by atoms with van der Waals surface area (Å²) in [6.07, 6.45) is 0. The zero-order chi connectivity index (χ0) is 14.8. The van der Waals surface area contributed by atoms with Gasteiger partial charge in [-0.15, -0.1) is 0 Å². The molecule has 0 aliphatic carbocycles. The summed E-state index contributed by atoms with van der Waals surface area (Å²) < 4.78 is 0.563. The third kappa shape index (κ3) is 4.00. The molecule has 1 rings (SSSR count). The smallest absolute Gasteiger partial charge is 0.271 e. The molecular formula is C12H16BrN3O3.